The molecule has 0 aliphatic heterocycles. The number of carbonyl (C=O) groups is 1. The van der Waals surface area contributed by atoms with Crippen LogP contribution in [-0.2, 0) is 9.47 Å². The molecule has 0 aliphatic rings. The maximum Gasteiger partial charge on any atom is 0.508 e. The molecule has 0 unspecified atom stereocenters. The van der Waals surface area contributed by atoms with E-state index < -0.39 is 28.3 Å². The van der Waals surface area contributed by atoms with Crippen LogP contribution in [0.2, 0.25) is 0 Å². The third kappa shape index (κ3) is 3.67. The molecule has 0 fully saturated rings. The first-order valence-corrected chi connectivity index (χ1v) is 4.43. The summed E-state index contributed by atoms with van der Waals surface area (Å²) >= 11 is 0. The second-order valence-electron chi connectivity index (χ2n) is 3.12. The van der Waals surface area contributed by atoms with Gasteiger partial charge in [0.25, 0.3) is 0 Å². The lowest BCUT2D eigenvalue weighted by Crippen LogP contribution is -2.47. The van der Waals surface area contributed by atoms with Crippen molar-refractivity contribution < 1.29 is 24.1 Å². The van der Waals surface area contributed by atoms with E-state index in [9.17, 15) is 25.0 Å². The Kier molecular flexibility index (Phi) is 5.13. The van der Waals surface area contributed by atoms with E-state index in [1.165, 1.54) is 0 Å². The van der Waals surface area contributed by atoms with Crippen LogP contribution in [-0.4, -0.2) is 34.9 Å². The van der Waals surface area contributed by atoms with Crippen LogP contribution in [0, 0.1) is 20.2 Å². The number of carbonyl (C=O) groups excluding carboxylic acids is 1. The number of nitro groups is 2. The fourth-order valence-corrected chi connectivity index (χ4v) is 0.595. The molecule has 92 valence electrons. The quantitative estimate of drug-likeness (QED) is 0.289. The van der Waals surface area contributed by atoms with Crippen molar-refractivity contribution in [2.24, 2.45) is 0 Å². The third-order valence-corrected chi connectivity index (χ3v) is 1.67. The van der Waals surface area contributed by atoms with Crippen LogP contribution >= 0.6 is 0 Å². The van der Waals surface area contributed by atoms with Crippen molar-refractivity contribution in [3.05, 3.63) is 20.2 Å². The number of ether oxygens (including phenoxy) is 2. The second-order valence-corrected chi connectivity index (χ2v) is 3.12. The van der Waals surface area contributed by atoms with Gasteiger partial charge in [-0.3, -0.25) is 20.2 Å². The molecule has 0 saturated heterocycles. The minimum Gasteiger partial charge on any atom is -0.434 e. The van der Waals surface area contributed by atoms with Crippen molar-refractivity contribution in [2.75, 3.05) is 13.2 Å². The van der Waals surface area contributed by atoms with E-state index >= 15 is 0 Å². The van der Waals surface area contributed by atoms with E-state index in [0.29, 0.717) is 6.42 Å². The first-order chi connectivity index (χ1) is 7.34. The molecular weight excluding hydrogens is 224 g/mol. The van der Waals surface area contributed by atoms with Crippen LogP contribution in [0.25, 0.3) is 0 Å². The van der Waals surface area contributed by atoms with Gasteiger partial charge in [0.15, 0.2) is 0 Å². The molecular formula is C7H12N2O7. The van der Waals surface area contributed by atoms with Crippen LogP contribution in [0.3, 0.4) is 0 Å². The zero-order valence-electron chi connectivity index (χ0n) is 8.87. The lowest BCUT2D eigenvalue weighted by molar-refractivity contribution is -0.793. The standard InChI is InChI=1S/C7H12N2O7/c1-3-4-15-6(10)16-5-7(2,8(11)12)9(13)14/h3-5H2,1-2H3. The summed E-state index contributed by atoms with van der Waals surface area (Å²) in [7, 11) is 0. The highest BCUT2D eigenvalue weighted by molar-refractivity contribution is 5.59. The van der Waals surface area contributed by atoms with Crippen molar-refractivity contribution in [3.63, 3.8) is 0 Å². The Balaban J connectivity index is 4.29. The Bertz CT molecular complexity index is 276. The molecule has 0 bridgehead atoms. The highest BCUT2D eigenvalue weighted by Gasteiger charge is 2.52. The van der Waals surface area contributed by atoms with Gasteiger partial charge in [0, 0.05) is 0 Å². The highest BCUT2D eigenvalue weighted by Crippen LogP contribution is 2.10. The number of nitrogens with zero attached hydrogens (tertiary/aromatic N) is 2. The second kappa shape index (κ2) is 5.83. The monoisotopic (exact) mass is 236 g/mol. The first-order valence-electron chi connectivity index (χ1n) is 4.43. The van der Waals surface area contributed by atoms with Crippen LogP contribution < -0.4 is 0 Å². The minimum atomic E-state index is -2.55. The first kappa shape index (κ1) is 14.1. The Hall–Kier alpha value is -1.93. The topological polar surface area (TPSA) is 122 Å². The van der Waals surface area contributed by atoms with Crippen molar-refractivity contribution in [1.29, 1.82) is 0 Å². The summed E-state index contributed by atoms with van der Waals surface area (Å²) in [5, 5.41) is 20.8. The molecule has 0 aromatic rings. The molecule has 0 aliphatic carbocycles. The zero-order chi connectivity index (χ0) is 12.8. The predicted octanol–water partition coefficient (Wildman–Crippen LogP) is 0.819. The molecule has 9 nitrogen and oxygen atoms in total. The number of hydrogen-bond acceptors (Lipinski definition) is 7. The van der Waals surface area contributed by atoms with Crippen molar-refractivity contribution in [3.8, 4) is 0 Å². The van der Waals surface area contributed by atoms with Crippen LogP contribution in [0.1, 0.15) is 20.3 Å². The summed E-state index contributed by atoms with van der Waals surface area (Å²) in [6.07, 6.45) is -0.603. The molecule has 0 amide bonds. The Morgan fingerprint density at radius 3 is 2.12 bits per heavy atom. The molecule has 0 aromatic carbocycles. The molecule has 0 aromatic heterocycles. The van der Waals surface area contributed by atoms with Gasteiger partial charge in [-0.05, 0) is 6.42 Å². The Morgan fingerprint density at radius 1 is 1.25 bits per heavy atom. The number of hydrogen-bond donors (Lipinski definition) is 0. The van der Waals surface area contributed by atoms with Gasteiger partial charge in [-0.25, -0.2) is 4.79 Å². The highest BCUT2D eigenvalue weighted by atomic mass is 16.7. The van der Waals surface area contributed by atoms with Gasteiger partial charge in [-0.1, -0.05) is 6.92 Å². The van der Waals surface area contributed by atoms with Crippen LogP contribution in [0.15, 0.2) is 0 Å². The van der Waals surface area contributed by atoms with E-state index in [1.807, 2.05) is 0 Å². The lowest BCUT2D eigenvalue weighted by Gasteiger charge is -2.12. The van der Waals surface area contributed by atoms with E-state index in [4.69, 9.17) is 0 Å². The maximum absolute atomic E-state index is 10.8. The van der Waals surface area contributed by atoms with Crippen LogP contribution in [0.5, 0.6) is 0 Å². The van der Waals surface area contributed by atoms with E-state index in [0.717, 1.165) is 6.92 Å². The summed E-state index contributed by atoms with van der Waals surface area (Å²) in [6.45, 7) is 1.60. The van der Waals surface area contributed by atoms with Gasteiger partial charge in [0.05, 0.1) is 13.5 Å². The van der Waals surface area contributed by atoms with Gasteiger partial charge in [0.2, 0.25) is 6.61 Å². The normalized spacial score (nSPS) is 10.6. The molecule has 0 radical (unpaired) electrons. The van der Waals surface area contributed by atoms with E-state index in [-0.39, 0.29) is 6.61 Å². The van der Waals surface area contributed by atoms with E-state index in [1.54, 1.807) is 6.92 Å². The number of rotatable bonds is 6. The van der Waals surface area contributed by atoms with Crippen molar-refractivity contribution in [1.82, 2.24) is 0 Å². The van der Waals surface area contributed by atoms with Gasteiger partial charge in [0.1, 0.15) is 9.85 Å². The molecule has 0 N–H and O–H groups in total. The summed E-state index contributed by atoms with van der Waals surface area (Å²) in [6, 6.07) is 0. The molecule has 0 atom stereocenters. The zero-order valence-corrected chi connectivity index (χ0v) is 8.87. The van der Waals surface area contributed by atoms with E-state index in [2.05, 4.69) is 9.47 Å². The molecule has 0 spiro atoms. The summed E-state index contributed by atoms with van der Waals surface area (Å²) in [5.74, 6) is 0. The average Bonchev–Trinajstić information content (AvgIpc) is 2.22. The summed E-state index contributed by atoms with van der Waals surface area (Å²) < 4.78 is 8.73. The molecule has 0 saturated carbocycles. The largest absolute Gasteiger partial charge is 0.508 e. The molecule has 16 heavy (non-hydrogen) atoms. The van der Waals surface area contributed by atoms with Gasteiger partial charge in [-0.15, -0.1) is 0 Å². The summed E-state index contributed by atoms with van der Waals surface area (Å²) in [4.78, 5) is 29.4. The SMILES string of the molecule is CCCOC(=O)OCC(C)([N+](=O)[O-])[N+](=O)[O-]. The summed E-state index contributed by atoms with van der Waals surface area (Å²) in [5.41, 5.74) is -2.55. The van der Waals surface area contributed by atoms with Gasteiger partial charge >= 0.3 is 11.8 Å². The fraction of sp³-hybridized carbons (Fsp3) is 0.857. The van der Waals surface area contributed by atoms with Gasteiger partial charge < -0.3 is 9.47 Å². The molecule has 0 rings (SSSR count). The smallest absolute Gasteiger partial charge is 0.434 e. The molecule has 0 heterocycles. The average molecular weight is 236 g/mol. The lowest BCUT2D eigenvalue weighted by atomic mass is 10.2. The third-order valence-electron chi connectivity index (χ3n) is 1.67. The fourth-order valence-electron chi connectivity index (χ4n) is 0.595. The Morgan fingerprint density at radius 2 is 1.75 bits per heavy atom. The minimum absolute atomic E-state index is 0.0898. The maximum atomic E-state index is 10.8. The van der Waals surface area contributed by atoms with Crippen molar-refractivity contribution >= 4 is 6.16 Å². The predicted molar refractivity (Wildman–Crippen MR) is 50.0 cm³/mol. The van der Waals surface area contributed by atoms with Gasteiger partial charge in [-0.2, -0.15) is 0 Å². The molecule has 9 heteroatoms. The Labute approximate surface area is 90.6 Å². The van der Waals surface area contributed by atoms with Crippen LogP contribution in [0.4, 0.5) is 4.79 Å². The van der Waals surface area contributed by atoms with Crippen molar-refractivity contribution in [2.45, 2.75) is 25.9 Å².